The van der Waals surface area contributed by atoms with Crippen molar-refractivity contribution in [3.63, 3.8) is 0 Å². The molecule has 11 heteroatoms. The number of nitrogens with two attached hydrogens (primary N) is 1. The summed E-state index contributed by atoms with van der Waals surface area (Å²) in [6, 6.07) is 8.51. The summed E-state index contributed by atoms with van der Waals surface area (Å²) in [4.78, 5) is 11.8. The van der Waals surface area contributed by atoms with Crippen molar-refractivity contribution >= 4 is 33.4 Å². The van der Waals surface area contributed by atoms with E-state index >= 15 is 0 Å². The number of benzene rings is 2. The summed E-state index contributed by atoms with van der Waals surface area (Å²) in [5, 5.41) is 3.42. The number of hydrogen-bond acceptors (Lipinski definition) is 6. The van der Waals surface area contributed by atoms with Gasteiger partial charge in [-0.15, -0.1) is 9.19 Å². The Morgan fingerprint density at radius 2 is 1.81 bits per heavy atom. The van der Waals surface area contributed by atoms with Crippen LogP contribution < -0.4 is 10.5 Å². The van der Waals surface area contributed by atoms with E-state index in [1.807, 2.05) is 0 Å². The fraction of sp³-hybridized carbons (Fsp3) is 0. The van der Waals surface area contributed by atoms with Crippen LogP contribution in [0.3, 0.4) is 0 Å². The molecule has 140 valence electrons. The molecule has 2 N–H and O–H groups in total. The number of nitrogen functional groups attached to an aromatic ring is 1. The molecule has 0 aliphatic rings. The molecule has 0 spiro atoms. The Bertz CT molecular complexity index is 1110. The number of anilines is 1. The van der Waals surface area contributed by atoms with Crippen LogP contribution in [0.25, 0.3) is 0 Å². The Morgan fingerprint density at radius 1 is 1.15 bits per heavy atom. The maximum Gasteiger partial charge on any atom is 0.349 e. The van der Waals surface area contributed by atoms with Gasteiger partial charge in [0.1, 0.15) is 23.0 Å². The fourth-order valence-electron chi connectivity index (χ4n) is 2.15. The van der Waals surface area contributed by atoms with Crippen LogP contribution in [-0.4, -0.2) is 23.6 Å². The number of esters is 1. The van der Waals surface area contributed by atoms with Gasteiger partial charge in [0.25, 0.3) is 10.0 Å². The number of carbonyl (C=O) groups is 1. The predicted molar refractivity (Wildman–Crippen MR) is 92.0 cm³/mol. The lowest BCUT2D eigenvalue weighted by atomic mass is 10.2. The standard InChI is InChI=1S/C16H10ClF2N3O4S/c17-11-2-1-3-12(19)15(11)16(23)26-14-8-13(20)22(21-14)27(24,25)10-6-4-9(18)5-7-10/h1-8H,20H2. The van der Waals surface area contributed by atoms with Crippen molar-refractivity contribution in [2.24, 2.45) is 0 Å². The van der Waals surface area contributed by atoms with Gasteiger partial charge in [-0.3, -0.25) is 0 Å². The number of carbonyl (C=O) groups excluding carboxylic acids is 1. The van der Waals surface area contributed by atoms with E-state index < -0.39 is 39.1 Å². The third-order valence-corrected chi connectivity index (χ3v) is 5.32. The zero-order valence-corrected chi connectivity index (χ0v) is 14.8. The fourth-order valence-corrected chi connectivity index (χ4v) is 3.58. The van der Waals surface area contributed by atoms with Crippen molar-refractivity contribution in [2.75, 3.05) is 5.73 Å². The molecule has 7 nitrogen and oxygen atoms in total. The first-order valence-electron chi connectivity index (χ1n) is 7.23. The molecule has 0 fully saturated rings. The van der Waals surface area contributed by atoms with Gasteiger partial charge in [0.15, 0.2) is 0 Å². The Kier molecular flexibility index (Phi) is 4.85. The zero-order chi connectivity index (χ0) is 19.8. The number of hydrogen-bond donors (Lipinski definition) is 1. The van der Waals surface area contributed by atoms with Gasteiger partial charge >= 0.3 is 5.97 Å². The van der Waals surface area contributed by atoms with Crippen molar-refractivity contribution in [1.29, 1.82) is 0 Å². The van der Waals surface area contributed by atoms with Gasteiger partial charge in [-0.05, 0) is 36.4 Å². The van der Waals surface area contributed by atoms with Crippen molar-refractivity contribution in [3.05, 3.63) is 70.8 Å². The zero-order valence-electron chi connectivity index (χ0n) is 13.3. The molecule has 0 aliphatic carbocycles. The minimum Gasteiger partial charge on any atom is -0.402 e. The van der Waals surface area contributed by atoms with Crippen LogP contribution in [0, 0.1) is 11.6 Å². The lowest BCUT2D eigenvalue weighted by molar-refractivity contribution is 0.0722. The van der Waals surface area contributed by atoms with Crippen molar-refractivity contribution in [2.45, 2.75) is 4.90 Å². The molecular weight excluding hydrogens is 404 g/mol. The molecule has 0 atom stereocenters. The van der Waals surface area contributed by atoms with Gasteiger partial charge < -0.3 is 10.5 Å². The van der Waals surface area contributed by atoms with E-state index in [0.717, 1.165) is 36.4 Å². The topological polar surface area (TPSA) is 104 Å². The second-order valence-electron chi connectivity index (χ2n) is 5.20. The highest BCUT2D eigenvalue weighted by Crippen LogP contribution is 2.24. The first-order chi connectivity index (χ1) is 12.7. The SMILES string of the molecule is Nc1cc(OC(=O)c2c(F)cccc2Cl)nn1S(=O)(=O)c1ccc(F)cc1. The maximum absolute atomic E-state index is 13.8. The number of aromatic nitrogens is 2. The average molecular weight is 414 g/mol. The predicted octanol–water partition coefficient (Wildman–Crippen LogP) is 2.85. The molecule has 3 rings (SSSR count). The summed E-state index contributed by atoms with van der Waals surface area (Å²) >= 11 is 5.77. The molecule has 0 amide bonds. The second kappa shape index (κ2) is 6.97. The Labute approximate surface area is 157 Å². The monoisotopic (exact) mass is 413 g/mol. The number of nitrogens with zero attached hydrogens (tertiary/aromatic N) is 2. The minimum atomic E-state index is -4.26. The van der Waals surface area contributed by atoms with E-state index in [2.05, 4.69) is 5.10 Å². The van der Waals surface area contributed by atoms with E-state index in [9.17, 15) is 22.0 Å². The quantitative estimate of drug-likeness (QED) is 0.659. The van der Waals surface area contributed by atoms with Crippen molar-refractivity contribution in [3.8, 4) is 5.88 Å². The first kappa shape index (κ1) is 18.8. The largest absolute Gasteiger partial charge is 0.402 e. The van der Waals surface area contributed by atoms with E-state index in [0.29, 0.717) is 4.09 Å². The summed E-state index contributed by atoms with van der Waals surface area (Å²) in [7, 11) is -4.26. The van der Waals surface area contributed by atoms with Crippen molar-refractivity contribution in [1.82, 2.24) is 9.19 Å². The van der Waals surface area contributed by atoms with Gasteiger partial charge in [-0.1, -0.05) is 17.7 Å². The summed E-state index contributed by atoms with van der Waals surface area (Å²) < 4.78 is 57.1. The Morgan fingerprint density at radius 3 is 2.44 bits per heavy atom. The molecule has 27 heavy (non-hydrogen) atoms. The molecule has 2 aromatic carbocycles. The second-order valence-corrected chi connectivity index (χ2v) is 7.37. The van der Waals surface area contributed by atoms with Crippen LogP contribution in [0.5, 0.6) is 5.88 Å². The van der Waals surface area contributed by atoms with E-state index in [1.54, 1.807) is 0 Å². The van der Waals surface area contributed by atoms with E-state index in [4.69, 9.17) is 22.1 Å². The van der Waals surface area contributed by atoms with Crippen LogP contribution in [0.2, 0.25) is 5.02 Å². The molecule has 0 saturated heterocycles. The normalized spacial score (nSPS) is 11.4. The summed E-state index contributed by atoms with van der Waals surface area (Å²) in [5.74, 6) is -3.58. The Hall–Kier alpha value is -2.98. The maximum atomic E-state index is 13.8. The Balaban J connectivity index is 1.93. The smallest absolute Gasteiger partial charge is 0.349 e. The molecule has 1 aromatic heterocycles. The third kappa shape index (κ3) is 3.62. The molecule has 0 radical (unpaired) electrons. The van der Waals surface area contributed by atoms with Crippen LogP contribution >= 0.6 is 11.6 Å². The summed E-state index contributed by atoms with van der Waals surface area (Å²) in [6.07, 6.45) is 0. The number of rotatable bonds is 4. The van der Waals surface area contributed by atoms with Crippen LogP contribution in [0.15, 0.2) is 53.4 Å². The van der Waals surface area contributed by atoms with Gasteiger partial charge in [-0.25, -0.2) is 13.6 Å². The average Bonchev–Trinajstić information content (AvgIpc) is 2.96. The van der Waals surface area contributed by atoms with Crippen molar-refractivity contribution < 1.29 is 26.7 Å². The third-order valence-electron chi connectivity index (χ3n) is 3.38. The summed E-state index contributed by atoms with van der Waals surface area (Å²) in [6.45, 7) is 0. The van der Waals surface area contributed by atoms with E-state index in [1.165, 1.54) is 12.1 Å². The molecule has 0 bridgehead atoms. The molecule has 1 heterocycles. The minimum absolute atomic E-state index is 0.189. The highest BCUT2D eigenvalue weighted by molar-refractivity contribution is 7.90. The molecule has 0 unspecified atom stereocenters. The first-order valence-corrected chi connectivity index (χ1v) is 9.05. The van der Waals surface area contributed by atoms with Gasteiger partial charge in [0.05, 0.1) is 9.92 Å². The lowest BCUT2D eigenvalue weighted by Crippen LogP contribution is -2.17. The molecular formula is C16H10ClF2N3O4S. The highest BCUT2D eigenvalue weighted by atomic mass is 35.5. The van der Waals surface area contributed by atoms with Crippen LogP contribution in [-0.2, 0) is 10.0 Å². The lowest BCUT2D eigenvalue weighted by Gasteiger charge is -2.06. The van der Waals surface area contributed by atoms with Gasteiger partial charge in [0.2, 0.25) is 5.88 Å². The van der Waals surface area contributed by atoms with Gasteiger partial charge in [-0.2, -0.15) is 8.42 Å². The highest BCUT2D eigenvalue weighted by Gasteiger charge is 2.24. The van der Waals surface area contributed by atoms with Crippen LogP contribution in [0.1, 0.15) is 10.4 Å². The summed E-state index contributed by atoms with van der Waals surface area (Å²) in [5.41, 5.74) is 5.09. The molecule has 0 aliphatic heterocycles. The van der Waals surface area contributed by atoms with Gasteiger partial charge in [0, 0.05) is 6.07 Å². The molecule has 3 aromatic rings. The van der Waals surface area contributed by atoms with Crippen LogP contribution in [0.4, 0.5) is 14.6 Å². The molecule has 0 saturated carbocycles. The van der Waals surface area contributed by atoms with E-state index in [-0.39, 0.29) is 15.7 Å². The number of ether oxygens (including phenoxy) is 1. The number of halogens is 3.